The minimum atomic E-state index is -0.0132. The van der Waals surface area contributed by atoms with E-state index in [1.54, 1.807) is 11.0 Å². The Morgan fingerprint density at radius 2 is 2.38 bits per heavy atom. The number of rotatable bonds is 3. The molecular weight excluding hydrogens is 164 g/mol. The van der Waals surface area contributed by atoms with Gasteiger partial charge in [0.1, 0.15) is 0 Å². The summed E-state index contributed by atoms with van der Waals surface area (Å²) in [4.78, 5) is 12.9. The topological polar surface area (TPSA) is 32.3 Å². The minimum absolute atomic E-state index is 0.0132. The first kappa shape index (κ1) is 9.58. The van der Waals surface area contributed by atoms with E-state index in [1.807, 2.05) is 25.2 Å². The quantitative estimate of drug-likeness (QED) is 0.655. The van der Waals surface area contributed by atoms with Gasteiger partial charge >= 0.3 is 6.03 Å². The molecule has 2 amide bonds. The monoisotopic (exact) mass is 178 g/mol. The SMILES string of the molecule is C=C/C=C\C=C(/C)N1CCNC1=O. The van der Waals surface area contributed by atoms with Crippen molar-refractivity contribution in [3.05, 3.63) is 36.6 Å². The third-order valence-electron chi connectivity index (χ3n) is 1.87. The van der Waals surface area contributed by atoms with Gasteiger partial charge in [-0.3, -0.25) is 4.90 Å². The van der Waals surface area contributed by atoms with Crippen molar-refractivity contribution in [2.45, 2.75) is 6.92 Å². The van der Waals surface area contributed by atoms with Crippen molar-refractivity contribution in [1.29, 1.82) is 0 Å². The number of hydrogen-bond acceptors (Lipinski definition) is 1. The smallest absolute Gasteiger partial charge is 0.321 e. The Labute approximate surface area is 78.4 Å². The molecule has 0 aliphatic carbocycles. The molecule has 0 radical (unpaired) electrons. The first-order valence-corrected chi connectivity index (χ1v) is 4.27. The number of amides is 2. The second-order valence-corrected chi connectivity index (χ2v) is 2.81. The Balaban J connectivity index is 2.60. The maximum absolute atomic E-state index is 11.2. The Kier molecular flexibility index (Phi) is 3.31. The maximum Gasteiger partial charge on any atom is 0.321 e. The second kappa shape index (κ2) is 4.50. The lowest BCUT2D eigenvalue weighted by Crippen LogP contribution is -2.26. The average Bonchev–Trinajstić information content (AvgIpc) is 2.52. The first-order chi connectivity index (χ1) is 6.25. The molecular formula is C10H14N2O. The van der Waals surface area contributed by atoms with E-state index in [0.717, 1.165) is 18.8 Å². The summed E-state index contributed by atoms with van der Waals surface area (Å²) in [5.41, 5.74) is 0.952. The van der Waals surface area contributed by atoms with E-state index >= 15 is 0 Å². The van der Waals surface area contributed by atoms with E-state index in [2.05, 4.69) is 11.9 Å². The van der Waals surface area contributed by atoms with Crippen LogP contribution in [0.25, 0.3) is 0 Å². The summed E-state index contributed by atoms with van der Waals surface area (Å²) in [6.07, 6.45) is 7.30. The normalized spacial score (nSPS) is 18.1. The lowest BCUT2D eigenvalue weighted by molar-refractivity contribution is 0.227. The fourth-order valence-corrected chi connectivity index (χ4v) is 1.17. The summed E-state index contributed by atoms with van der Waals surface area (Å²) in [7, 11) is 0. The Morgan fingerprint density at radius 3 is 2.92 bits per heavy atom. The van der Waals surface area contributed by atoms with Crippen LogP contribution in [0.4, 0.5) is 4.79 Å². The van der Waals surface area contributed by atoms with Crippen molar-refractivity contribution >= 4 is 6.03 Å². The summed E-state index contributed by atoms with van der Waals surface area (Å²) in [5, 5.41) is 2.74. The zero-order valence-electron chi connectivity index (χ0n) is 7.79. The van der Waals surface area contributed by atoms with E-state index in [1.165, 1.54) is 0 Å². The van der Waals surface area contributed by atoms with Crippen LogP contribution in [0.15, 0.2) is 36.6 Å². The predicted octanol–water partition coefficient (Wildman–Crippen LogP) is 1.66. The van der Waals surface area contributed by atoms with Gasteiger partial charge in [-0.15, -0.1) is 0 Å². The molecule has 1 fully saturated rings. The lowest BCUT2D eigenvalue weighted by atomic mass is 10.3. The number of nitrogens with zero attached hydrogens (tertiary/aromatic N) is 1. The Morgan fingerprint density at radius 1 is 1.62 bits per heavy atom. The van der Waals surface area contributed by atoms with Crippen LogP contribution in [0.5, 0.6) is 0 Å². The molecule has 1 heterocycles. The van der Waals surface area contributed by atoms with Crippen molar-refractivity contribution in [1.82, 2.24) is 10.2 Å². The lowest BCUT2D eigenvalue weighted by Gasteiger charge is -2.13. The van der Waals surface area contributed by atoms with Crippen LogP contribution >= 0.6 is 0 Å². The van der Waals surface area contributed by atoms with Crippen molar-refractivity contribution in [2.24, 2.45) is 0 Å². The highest BCUT2D eigenvalue weighted by Gasteiger charge is 2.19. The molecule has 70 valence electrons. The molecule has 0 spiro atoms. The standard InChI is InChI=1S/C10H14N2O/c1-3-4-5-6-9(2)12-8-7-11-10(12)13/h3-6H,1,7-8H2,2H3,(H,11,13)/b5-4-,9-6+. The molecule has 3 heteroatoms. The minimum Gasteiger partial charge on any atom is -0.336 e. The Bertz CT molecular complexity index is 266. The van der Waals surface area contributed by atoms with Crippen molar-refractivity contribution in [3.8, 4) is 0 Å². The van der Waals surface area contributed by atoms with Crippen LogP contribution in [0.3, 0.4) is 0 Å². The molecule has 0 atom stereocenters. The number of carbonyl (C=O) groups excluding carboxylic acids is 1. The molecule has 1 rings (SSSR count). The highest BCUT2D eigenvalue weighted by atomic mass is 16.2. The average molecular weight is 178 g/mol. The summed E-state index contributed by atoms with van der Waals surface area (Å²) in [6.45, 7) is 6.96. The van der Waals surface area contributed by atoms with E-state index < -0.39 is 0 Å². The van der Waals surface area contributed by atoms with Gasteiger partial charge in [0.05, 0.1) is 0 Å². The van der Waals surface area contributed by atoms with Crippen LogP contribution < -0.4 is 5.32 Å². The zero-order valence-corrected chi connectivity index (χ0v) is 7.79. The van der Waals surface area contributed by atoms with Crippen molar-refractivity contribution in [2.75, 3.05) is 13.1 Å². The number of nitrogens with one attached hydrogen (secondary N) is 1. The zero-order chi connectivity index (χ0) is 9.68. The number of urea groups is 1. The third kappa shape index (κ3) is 2.47. The Hall–Kier alpha value is -1.51. The van der Waals surface area contributed by atoms with Gasteiger partial charge in [-0.25, -0.2) is 4.79 Å². The number of hydrogen-bond donors (Lipinski definition) is 1. The molecule has 0 aromatic carbocycles. The van der Waals surface area contributed by atoms with Gasteiger partial charge in [-0.2, -0.15) is 0 Å². The highest BCUT2D eigenvalue weighted by molar-refractivity contribution is 5.78. The molecule has 1 saturated heterocycles. The van der Waals surface area contributed by atoms with Crippen molar-refractivity contribution in [3.63, 3.8) is 0 Å². The molecule has 0 unspecified atom stereocenters. The largest absolute Gasteiger partial charge is 0.336 e. The van der Waals surface area contributed by atoms with Crippen LogP contribution in [0.1, 0.15) is 6.92 Å². The highest BCUT2D eigenvalue weighted by Crippen LogP contribution is 2.07. The molecule has 1 N–H and O–H groups in total. The molecule has 13 heavy (non-hydrogen) atoms. The first-order valence-electron chi connectivity index (χ1n) is 4.27. The maximum atomic E-state index is 11.2. The molecule has 0 aromatic rings. The van der Waals surface area contributed by atoms with Crippen molar-refractivity contribution < 1.29 is 4.79 Å². The van der Waals surface area contributed by atoms with Gasteiger partial charge in [-0.1, -0.05) is 24.8 Å². The summed E-state index contributed by atoms with van der Waals surface area (Å²) in [6, 6.07) is -0.0132. The van der Waals surface area contributed by atoms with E-state index in [9.17, 15) is 4.79 Å². The van der Waals surface area contributed by atoms with Crippen LogP contribution in [-0.4, -0.2) is 24.0 Å². The van der Waals surface area contributed by atoms with E-state index in [4.69, 9.17) is 0 Å². The van der Waals surface area contributed by atoms with E-state index in [0.29, 0.717) is 0 Å². The predicted molar refractivity (Wildman–Crippen MR) is 53.2 cm³/mol. The molecule has 3 nitrogen and oxygen atoms in total. The molecule has 1 aliphatic heterocycles. The fraction of sp³-hybridized carbons (Fsp3) is 0.300. The molecule has 1 aliphatic rings. The second-order valence-electron chi connectivity index (χ2n) is 2.81. The van der Waals surface area contributed by atoms with Gasteiger partial charge in [0, 0.05) is 18.8 Å². The number of allylic oxidation sites excluding steroid dienone is 5. The van der Waals surface area contributed by atoms with Gasteiger partial charge in [0.15, 0.2) is 0 Å². The third-order valence-corrected chi connectivity index (χ3v) is 1.87. The van der Waals surface area contributed by atoms with Gasteiger partial charge in [0.2, 0.25) is 0 Å². The summed E-state index contributed by atoms with van der Waals surface area (Å²) < 4.78 is 0. The molecule has 0 bridgehead atoms. The van der Waals surface area contributed by atoms with Gasteiger partial charge in [0.25, 0.3) is 0 Å². The fourth-order valence-electron chi connectivity index (χ4n) is 1.17. The summed E-state index contributed by atoms with van der Waals surface area (Å²) >= 11 is 0. The van der Waals surface area contributed by atoms with E-state index in [-0.39, 0.29) is 6.03 Å². The van der Waals surface area contributed by atoms with Crippen LogP contribution in [0, 0.1) is 0 Å². The van der Waals surface area contributed by atoms with Gasteiger partial charge < -0.3 is 5.32 Å². The molecule has 0 saturated carbocycles. The van der Waals surface area contributed by atoms with Gasteiger partial charge in [-0.05, 0) is 13.0 Å². The van der Waals surface area contributed by atoms with Crippen LogP contribution in [0.2, 0.25) is 0 Å². The van der Waals surface area contributed by atoms with Crippen LogP contribution in [-0.2, 0) is 0 Å². The summed E-state index contributed by atoms with van der Waals surface area (Å²) in [5.74, 6) is 0. The number of carbonyl (C=O) groups is 1. The molecule has 0 aromatic heterocycles.